The van der Waals surface area contributed by atoms with Gasteiger partial charge in [-0.2, -0.15) is 13.2 Å². The van der Waals surface area contributed by atoms with Crippen molar-refractivity contribution in [3.63, 3.8) is 0 Å². The summed E-state index contributed by atoms with van der Waals surface area (Å²) in [6, 6.07) is 16.3. The molecule has 1 aromatic heterocycles. The Labute approximate surface area is 178 Å². The van der Waals surface area contributed by atoms with Gasteiger partial charge in [0.1, 0.15) is 0 Å². The van der Waals surface area contributed by atoms with Crippen LogP contribution in [0, 0.1) is 6.92 Å². The first-order valence-electron chi connectivity index (χ1n) is 9.94. The highest BCUT2D eigenvalue weighted by molar-refractivity contribution is 5.94. The molecule has 0 N–H and O–H groups in total. The van der Waals surface area contributed by atoms with Gasteiger partial charge in [-0.15, -0.1) is 10.2 Å². The standard InChI is InChI=1S/C23H21F3N4O/c1-16-5-2-3-8-19(16)20-9-10-21(28-27-20)29-11-13-30(14-12-29)22(31)17-6-4-7-18(15-17)23(24,25)26/h2-10,15H,11-14H2,1H3. The van der Waals surface area contributed by atoms with Crippen molar-refractivity contribution < 1.29 is 18.0 Å². The highest BCUT2D eigenvalue weighted by Crippen LogP contribution is 2.30. The van der Waals surface area contributed by atoms with Crippen molar-refractivity contribution in [2.24, 2.45) is 0 Å². The zero-order valence-corrected chi connectivity index (χ0v) is 16.9. The Bertz CT molecular complexity index is 1070. The van der Waals surface area contributed by atoms with Crippen molar-refractivity contribution in [3.05, 3.63) is 77.4 Å². The van der Waals surface area contributed by atoms with Gasteiger partial charge < -0.3 is 9.80 Å². The van der Waals surface area contributed by atoms with Gasteiger partial charge in [-0.1, -0.05) is 30.3 Å². The first-order valence-corrected chi connectivity index (χ1v) is 9.94. The van der Waals surface area contributed by atoms with Gasteiger partial charge in [0.15, 0.2) is 5.82 Å². The third kappa shape index (κ3) is 4.52. The topological polar surface area (TPSA) is 49.3 Å². The molecule has 1 saturated heterocycles. The van der Waals surface area contributed by atoms with E-state index in [0.717, 1.165) is 29.0 Å². The van der Waals surface area contributed by atoms with Gasteiger partial charge >= 0.3 is 6.18 Å². The van der Waals surface area contributed by atoms with Crippen molar-refractivity contribution in [2.45, 2.75) is 13.1 Å². The second-order valence-corrected chi connectivity index (χ2v) is 7.45. The minimum Gasteiger partial charge on any atom is -0.352 e. The lowest BCUT2D eigenvalue weighted by atomic mass is 10.1. The Morgan fingerprint density at radius 1 is 0.903 bits per heavy atom. The van der Waals surface area contributed by atoms with Crippen molar-refractivity contribution in [1.82, 2.24) is 15.1 Å². The highest BCUT2D eigenvalue weighted by Gasteiger charge is 2.31. The van der Waals surface area contributed by atoms with E-state index in [1.165, 1.54) is 12.1 Å². The highest BCUT2D eigenvalue weighted by atomic mass is 19.4. The number of aromatic nitrogens is 2. The molecule has 1 aliphatic rings. The van der Waals surface area contributed by atoms with Gasteiger partial charge in [0.05, 0.1) is 11.3 Å². The molecule has 3 aromatic rings. The molecule has 0 saturated carbocycles. The van der Waals surface area contributed by atoms with Gasteiger partial charge in [-0.25, -0.2) is 0 Å². The molecule has 0 radical (unpaired) electrons. The molecule has 0 aliphatic carbocycles. The first kappa shape index (κ1) is 20.8. The fourth-order valence-electron chi connectivity index (χ4n) is 3.65. The van der Waals surface area contributed by atoms with Crippen LogP contribution in [-0.2, 0) is 6.18 Å². The Morgan fingerprint density at radius 3 is 2.29 bits per heavy atom. The van der Waals surface area contributed by atoms with Crippen molar-refractivity contribution >= 4 is 11.7 Å². The van der Waals surface area contributed by atoms with Crippen LogP contribution in [0.3, 0.4) is 0 Å². The van der Waals surface area contributed by atoms with Crippen LogP contribution < -0.4 is 4.90 Å². The number of amides is 1. The number of carbonyl (C=O) groups excluding carboxylic acids is 1. The molecule has 2 heterocycles. The average molecular weight is 426 g/mol. The summed E-state index contributed by atoms with van der Waals surface area (Å²) in [5.74, 6) is 0.315. The summed E-state index contributed by atoms with van der Waals surface area (Å²) >= 11 is 0. The molecular weight excluding hydrogens is 405 g/mol. The van der Waals surface area contributed by atoms with Crippen molar-refractivity contribution in [1.29, 1.82) is 0 Å². The lowest BCUT2D eigenvalue weighted by molar-refractivity contribution is -0.137. The second-order valence-electron chi connectivity index (χ2n) is 7.45. The van der Waals surface area contributed by atoms with Gasteiger partial charge in [-0.05, 0) is 42.8 Å². The molecule has 1 aliphatic heterocycles. The van der Waals surface area contributed by atoms with Gasteiger partial charge in [0, 0.05) is 37.3 Å². The number of aryl methyl sites for hydroxylation is 1. The van der Waals surface area contributed by atoms with E-state index in [9.17, 15) is 18.0 Å². The van der Waals surface area contributed by atoms with Crippen LogP contribution in [0.5, 0.6) is 0 Å². The Hall–Kier alpha value is -3.42. The largest absolute Gasteiger partial charge is 0.416 e. The Kier molecular flexibility index (Phi) is 5.63. The summed E-state index contributed by atoms with van der Waals surface area (Å²) in [7, 11) is 0. The summed E-state index contributed by atoms with van der Waals surface area (Å²) < 4.78 is 38.8. The molecule has 5 nitrogen and oxygen atoms in total. The van der Waals surface area contributed by atoms with Crippen molar-refractivity contribution in [3.8, 4) is 11.3 Å². The van der Waals surface area contributed by atoms with Crippen LogP contribution in [0.1, 0.15) is 21.5 Å². The third-order valence-electron chi connectivity index (χ3n) is 5.40. The summed E-state index contributed by atoms with van der Waals surface area (Å²) in [5.41, 5.74) is 2.16. The predicted octanol–water partition coefficient (Wildman–Crippen LogP) is 4.43. The molecule has 0 spiro atoms. The number of rotatable bonds is 3. The molecule has 160 valence electrons. The molecule has 0 bridgehead atoms. The van der Waals surface area contributed by atoms with E-state index in [0.29, 0.717) is 32.0 Å². The molecule has 8 heteroatoms. The number of piperazine rings is 1. The van der Waals surface area contributed by atoms with E-state index >= 15 is 0 Å². The summed E-state index contributed by atoms with van der Waals surface area (Å²) in [5, 5.41) is 8.67. The summed E-state index contributed by atoms with van der Waals surface area (Å²) in [6.45, 7) is 3.88. The molecule has 0 unspecified atom stereocenters. The number of halogens is 3. The Morgan fingerprint density at radius 2 is 1.65 bits per heavy atom. The van der Waals surface area contributed by atoms with Crippen LogP contribution >= 0.6 is 0 Å². The number of hydrogen-bond acceptors (Lipinski definition) is 4. The number of anilines is 1. The van der Waals surface area contributed by atoms with Gasteiger partial charge in [-0.3, -0.25) is 4.79 Å². The van der Waals surface area contributed by atoms with E-state index < -0.39 is 17.6 Å². The minimum absolute atomic E-state index is 0.0469. The Balaban J connectivity index is 1.41. The van der Waals surface area contributed by atoms with E-state index in [4.69, 9.17) is 0 Å². The maximum absolute atomic E-state index is 12.9. The fraction of sp³-hybridized carbons (Fsp3) is 0.261. The number of alkyl halides is 3. The quantitative estimate of drug-likeness (QED) is 0.622. The summed E-state index contributed by atoms with van der Waals surface area (Å²) in [4.78, 5) is 16.3. The second kappa shape index (κ2) is 8.37. The third-order valence-corrected chi connectivity index (χ3v) is 5.40. The van der Waals surface area contributed by atoms with Gasteiger partial charge in [0.2, 0.25) is 0 Å². The zero-order chi connectivity index (χ0) is 22.0. The minimum atomic E-state index is -4.47. The monoisotopic (exact) mass is 426 g/mol. The molecule has 0 atom stereocenters. The van der Waals surface area contributed by atoms with Crippen LogP contribution in [0.15, 0.2) is 60.7 Å². The predicted molar refractivity (Wildman–Crippen MR) is 112 cm³/mol. The number of nitrogens with zero attached hydrogens (tertiary/aromatic N) is 4. The van der Waals surface area contributed by atoms with E-state index in [2.05, 4.69) is 10.2 Å². The molecule has 1 amide bonds. The molecule has 1 fully saturated rings. The molecular formula is C23H21F3N4O. The number of carbonyl (C=O) groups is 1. The molecule has 4 rings (SSSR count). The van der Waals surface area contributed by atoms with E-state index in [-0.39, 0.29) is 5.56 Å². The SMILES string of the molecule is Cc1ccccc1-c1ccc(N2CCN(C(=O)c3cccc(C(F)(F)F)c3)CC2)nn1. The number of benzene rings is 2. The van der Waals surface area contributed by atoms with Gasteiger partial charge in [0.25, 0.3) is 5.91 Å². The maximum atomic E-state index is 12.9. The molecule has 31 heavy (non-hydrogen) atoms. The fourth-order valence-corrected chi connectivity index (χ4v) is 3.65. The van der Waals surface area contributed by atoms with Crippen molar-refractivity contribution in [2.75, 3.05) is 31.1 Å². The van der Waals surface area contributed by atoms with E-state index in [1.807, 2.05) is 48.2 Å². The van der Waals surface area contributed by atoms with Crippen LogP contribution in [0.25, 0.3) is 11.3 Å². The lowest BCUT2D eigenvalue weighted by Gasteiger charge is -2.35. The number of hydrogen-bond donors (Lipinski definition) is 0. The summed E-state index contributed by atoms with van der Waals surface area (Å²) in [6.07, 6.45) is -4.47. The lowest BCUT2D eigenvalue weighted by Crippen LogP contribution is -2.49. The zero-order valence-electron chi connectivity index (χ0n) is 16.9. The smallest absolute Gasteiger partial charge is 0.352 e. The average Bonchev–Trinajstić information content (AvgIpc) is 2.79. The van der Waals surface area contributed by atoms with E-state index in [1.54, 1.807) is 4.90 Å². The maximum Gasteiger partial charge on any atom is 0.416 e. The first-order chi connectivity index (χ1) is 14.8. The van der Waals surface area contributed by atoms with Crippen LogP contribution in [0.4, 0.5) is 19.0 Å². The normalized spacial score (nSPS) is 14.6. The van der Waals surface area contributed by atoms with Crippen LogP contribution in [-0.4, -0.2) is 47.2 Å². The van der Waals surface area contributed by atoms with Crippen LogP contribution in [0.2, 0.25) is 0 Å². The molecule has 2 aromatic carbocycles.